The summed E-state index contributed by atoms with van der Waals surface area (Å²) in [6.45, 7) is -0.373. The fraction of sp³-hybridized carbons (Fsp3) is 0.0952. The number of nitrogens with zero attached hydrogens (tertiary/aromatic N) is 2. The van der Waals surface area contributed by atoms with E-state index in [1.165, 1.54) is 29.8 Å². The summed E-state index contributed by atoms with van der Waals surface area (Å²) in [5, 5.41) is 4.63. The molecule has 1 N–H and O–H groups in total. The van der Waals surface area contributed by atoms with Crippen LogP contribution in [0.3, 0.4) is 0 Å². The highest BCUT2D eigenvalue weighted by molar-refractivity contribution is 7.17. The standard InChI is InChI=1S/C21H14F3N3O2S/c22-21(23,24)14-7-4-8-15(9-14)26-17(28)10-27-12-25-19-18(20(27)29)16(11-30-19)13-5-2-1-3-6-13/h1-9,11-12H,10H2,(H,26,28). The molecule has 30 heavy (non-hydrogen) atoms. The topological polar surface area (TPSA) is 64.0 Å². The Hall–Kier alpha value is -3.46. The van der Waals surface area contributed by atoms with Crippen molar-refractivity contribution in [3.63, 3.8) is 0 Å². The average Bonchev–Trinajstić information content (AvgIpc) is 3.15. The molecule has 0 saturated carbocycles. The van der Waals surface area contributed by atoms with E-state index in [9.17, 15) is 22.8 Å². The van der Waals surface area contributed by atoms with Gasteiger partial charge in [-0.3, -0.25) is 14.2 Å². The Bertz CT molecular complexity index is 1280. The summed E-state index contributed by atoms with van der Waals surface area (Å²) in [4.78, 5) is 30.1. The third-order valence-electron chi connectivity index (χ3n) is 4.43. The molecule has 0 atom stereocenters. The summed E-state index contributed by atoms with van der Waals surface area (Å²) in [5.74, 6) is -0.630. The number of fused-ring (bicyclic) bond motifs is 1. The normalized spacial score (nSPS) is 11.6. The molecule has 0 aliphatic carbocycles. The van der Waals surface area contributed by atoms with Gasteiger partial charge in [-0.05, 0) is 23.8 Å². The van der Waals surface area contributed by atoms with Gasteiger partial charge < -0.3 is 5.32 Å². The Morgan fingerprint density at radius 3 is 2.60 bits per heavy atom. The molecule has 5 nitrogen and oxygen atoms in total. The molecule has 2 aromatic carbocycles. The second-order valence-electron chi connectivity index (χ2n) is 6.50. The smallest absolute Gasteiger partial charge is 0.325 e. The van der Waals surface area contributed by atoms with Crippen LogP contribution in [0.1, 0.15) is 5.56 Å². The van der Waals surface area contributed by atoms with E-state index >= 15 is 0 Å². The molecular formula is C21H14F3N3O2S. The Balaban J connectivity index is 1.61. The molecule has 1 amide bonds. The molecule has 0 fully saturated rings. The van der Waals surface area contributed by atoms with Crippen LogP contribution in [-0.2, 0) is 17.5 Å². The van der Waals surface area contributed by atoms with Crippen molar-refractivity contribution in [1.82, 2.24) is 9.55 Å². The molecule has 0 unspecified atom stereocenters. The van der Waals surface area contributed by atoms with Crippen molar-refractivity contribution in [3.05, 3.63) is 82.2 Å². The van der Waals surface area contributed by atoms with Crippen molar-refractivity contribution in [2.75, 3.05) is 5.32 Å². The lowest BCUT2D eigenvalue weighted by Gasteiger charge is -2.10. The van der Waals surface area contributed by atoms with Gasteiger partial charge in [0, 0.05) is 16.6 Å². The Kier molecular flexibility index (Phi) is 5.13. The van der Waals surface area contributed by atoms with Crippen LogP contribution in [0.2, 0.25) is 0 Å². The predicted octanol–water partition coefficient (Wildman–Crippen LogP) is 4.78. The Labute approximate surface area is 172 Å². The zero-order chi connectivity index (χ0) is 21.3. The van der Waals surface area contributed by atoms with E-state index < -0.39 is 17.6 Å². The molecule has 0 radical (unpaired) electrons. The molecule has 4 aromatic rings. The lowest BCUT2D eigenvalue weighted by atomic mass is 10.1. The summed E-state index contributed by atoms with van der Waals surface area (Å²) in [6.07, 6.45) is -3.25. The number of carbonyl (C=O) groups is 1. The van der Waals surface area contributed by atoms with E-state index in [1.54, 1.807) is 0 Å². The molecule has 0 aliphatic rings. The van der Waals surface area contributed by atoms with Crippen LogP contribution < -0.4 is 10.9 Å². The first-order valence-electron chi connectivity index (χ1n) is 8.82. The van der Waals surface area contributed by atoms with E-state index in [4.69, 9.17) is 0 Å². The highest BCUT2D eigenvalue weighted by Gasteiger charge is 2.30. The van der Waals surface area contributed by atoms with Gasteiger partial charge in [-0.2, -0.15) is 13.2 Å². The summed E-state index contributed by atoms with van der Waals surface area (Å²) < 4.78 is 39.6. The predicted molar refractivity (Wildman–Crippen MR) is 109 cm³/mol. The van der Waals surface area contributed by atoms with Crippen LogP contribution in [0.25, 0.3) is 21.3 Å². The molecule has 9 heteroatoms. The number of hydrogen-bond acceptors (Lipinski definition) is 4. The number of hydrogen-bond donors (Lipinski definition) is 1. The van der Waals surface area contributed by atoms with Gasteiger partial charge in [0.15, 0.2) is 0 Å². The third kappa shape index (κ3) is 3.97. The largest absolute Gasteiger partial charge is 0.416 e. The van der Waals surface area contributed by atoms with Gasteiger partial charge in [-0.25, -0.2) is 4.98 Å². The Morgan fingerprint density at radius 2 is 1.87 bits per heavy atom. The molecule has 152 valence electrons. The van der Waals surface area contributed by atoms with Gasteiger partial charge in [-0.15, -0.1) is 11.3 Å². The molecule has 2 heterocycles. The number of aromatic nitrogens is 2. The Morgan fingerprint density at radius 1 is 1.10 bits per heavy atom. The second kappa shape index (κ2) is 7.75. The van der Waals surface area contributed by atoms with Crippen LogP contribution >= 0.6 is 11.3 Å². The number of halogens is 3. The fourth-order valence-corrected chi connectivity index (χ4v) is 3.95. The number of thiophene rings is 1. The minimum absolute atomic E-state index is 0.00239. The first-order chi connectivity index (χ1) is 14.3. The van der Waals surface area contributed by atoms with Crippen molar-refractivity contribution < 1.29 is 18.0 Å². The van der Waals surface area contributed by atoms with Gasteiger partial charge in [0.25, 0.3) is 5.56 Å². The first kappa shape index (κ1) is 19.8. The maximum Gasteiger partial charge on any atom is 0.416 e. The van der Waals surface area contributed by atoms with Crippen molar-refractivity contribution >= 4 is 33.1 Å². The van der Waals surface area contributed by atoms with E-state index in [0.717, 1.165) is 27.8 Å². The number of carbonyl (C=O) groups excluding carboxylic acids is 1. The van der Waals surface area contributed by atoms with Crippen molar-refractivity contribution in [3.8, 4) is 11.1 Å². The van der Waals surface area contributed by atoms with Gasteiger partial charge >= 0.3 is 6.18 Å². The van der Waals surface area contributed by atoms with Gasteiger partial charge in [0.1, 0.15) is 11.4 Å². The van der Waals surface area contributed by atoms with Crippen LogP contribution in [0.4, 0.5) is 18.9 Å². The SMILES string of the molecule is O=C(Cn1cnc2scc(-c3ccccc3)c2c1=O)Nc1cccc(C(F)(F)F)c1. The van der Waals surface area contributed by atoms with Crippen LogP contribution in [0.15, 0.2) is 71.1 Å². The highest BCUT2D eigenvalue weighted by atomic mass is 32.1. The molecule has 0 bridgehead atoms. The van der Waals surface area contributed by atoms with Crippen molar-refractivity contribution in [2.45, 2.75) is 12.7 Å². The zero-order valence-electron chi connectivity index (χ0n) is 15.3. The second-order valence-corrected chi connectivity index (χ2v) is 7.36. The van der Waals surface area contributed by atoms with Crippen LogP contribution in [0.5, 0.6) is 0 Å². The highest BCUT2D eigenvalue weighted by Crippen LogP contribution is 2.31. The zero-order valence-corrected chi connectivity index (χ0v) is 16.1. The van der Waals surface area contributed by atoms with Crippen LogP contribution in [0, 0.1) is 0 Å². The summed E-state index contributed by atoms with van der Waals surface area (Å²) in [6, 6.07) is 13.6. The minimum Gasteiger partial charge on any atom is -0.325 e. The van der Waals surface area contributed by atoms with Crippen molar-refractivity contribution in [1.29, 1.82) is 0 Å². The quantitative estimate of drug-likeness (QED) is 0.508. The molecule has 0 aliphatic heterocycles. The number of amides is 1. The van der Waals surface area contributed by atoms with E-state index in [0.29, 0.717) is 10.2 Å². The maximum atomic E-state index is 13.0. The van der Waals surface area contributed by atoms with Gasteiger partial charge in [0.2, 0.25) is 5.91 Å². The minimum atomic E-state index is -4.51. The van der Waals surface area contributed by atoms with E-state index in [-0.39, 0.29) is 17.8 Å². The molecule has 0 spiro atoms. The molecule has 2 aromatic heterocycles. The van der Waals surface area contributed by atoms with E-state index in [1.807, 2.05) is 35.7 Å². The van der Waals surface area contributed by atoms with Crippen LogP contribution in [-0.4, -0.2) is 15.5 Å². The number of benzene rings is 2. The molecule has 0 saturated heterocycles. The third-order valence-corrected chi connectivity index (χ3v) is 5.32. The molecular weight excluding hydrogens is 415 g/mol. The lowest BCUT2D eigenvalue weighted by Crippen LogP contribution is -2.27. The summed E-state index contributed by atoms with van der Waals surface area (Å²) in [7, 11) is 0. The fourth-order valence-electron chi connectivity index (χ4n) is 3.04. The maximum absolute atomic E-state index is 13.0. The lowest BCUT2D eigenvalue weighted by molar-refractivity contribution is -0.137. The number of rotatable bonds is 4. The number of alkyl halides is 3. The first-order valence-corrected chi connectivity index (χ1v) is 9.70. The van der Waals surface area contributed by atoms with E-state index in [2.05, 4.69) is 10.3 Å². The number of anilines is 1. The van der Waals surface area contributed by atoms with Gasteiger partial charge in [-0.1, -0.05) is 36.4 Å². The van der Waals surface area contributed by atoms with Crippen molar-refractivity contribution in [2.24, 2.45) is 0 Å². The van der Waals surface area contributed by atoms with Gasteiger partial charge in [0.05, 0.1) is 17.3 Å². The summed E-state index contributed by atoms with van der Waals surface area (Å²) in [5.41, 5.74) is 0.317. The number of nitrogens with one attached hydrogen (secondary N) is 1. The summed E-state index contributed by atoms with van der Waals surface area (Å²) >= 11 is 1.33. The molecule has 4 rings (SSSR count). The average molecular weight is 429 g/mol. The monoisotopic (exact) mass is 429 g/mol.